The van der Waals surface area contributed by atoms with Crippen LogP contribution in [0.2, 0.25) is 0 Å². The van der Waals surface area contributed by atoms with Crippen LogP contribution in [0.15, 0.2) is 24.3 Å². The first-order chi connectivity index (χ1) is 16.4. The molecule has 0 saturated heterocycles. The van der Waals surface area contributed by atoms with Crippen molar-refractivity contribution >= 4 is 0 Å². The number of rotatable bonds is 25. The van der Waals surface area contributed by atoms with E-state index >= 15 is 0 Å². The lowest BCUT2D eigenvalue weighted by molar-refractivity contribution is -0.00486. The second kappa shape index (κ2) is 24.0. The van der Waals surface area contributed by atoms with Crippen LogP contribution in [0.1, 0.15) is 83.6 Å². The van der Waals surface area contributed by atoms with E-state index in [1.807, 2.05) is 0 Å². The molecule has 1 aromatic carbocycles. The van der Waals surface area contributed by atoms with Gasteiger partial charge in [-0.2, -0.15) is 0 Å². The van der Waals surface area contributed by atoms with E-state index in [0.29, 0.717) is 52.9 Å². The SMILES string of the molecule is CCCCCCCCc1ccc(OCCOCCOCCOCCOCCCCCC)cc1. The molecule has 0 bridgehead atoms. The number of hydrogen-bond donors (Lipinski definition) is 0. The Morgan fingerprint density at radius 2 is 0.909 bits per heavy atom. The molecule has 5 nitrogen and oxygen atoms in total. The molecule has 192 valence electrons. The lowest BCUT2D eigenvalue weighted by Gasteiger charge is -2.09. The van der Waals surface area contributed by atoms with Crippen molar-refractivity contribution in [3.63, 3.8) is 0 Å². The van der Waals surface area contributed by atoms with Crippen molar-refractivity contribution in [2.75, 3.05) is 59.5 Å². The summed E-state index contributed by atoms with van der Waals surface area (Å²) < 4.78 is 27.9. The van der Waals surface area contributed by atoms with Gasteiger partial charge in [-0.05, 0) is 37.0 Å². The molecule has 0 fully saturated rings. The fourth-order valence-corrected chi connectivity index (χ4v) is 3.47. The van der Waals surface area contributed by atoms with Crippen LogP contribution in [0.25, 0.3) is 0 Å². The van der Waals surface area contributed by atoms with Gasteiger partial charge in [0.2, 0.25) is 0 Å². The second-order valence-corrected chi connectivity index (χ2v) is 8.52. The van der Waals surface area contributed by atoms with Crippen molar-refractivity contribution in [3.05, 3.63) is 29.8 Å². The number of benzene rings is 1. The molecule has 0 amide bonds. The molecule has 0 aliphatic rings. The van der Waals surface area contributed by atoms with E-state index < -0.39 is 0 Å². The Bertz CT molecular complexity index is 506. The highest BCUT2D eigenvalue weighted by Gasteiger charge is 1.98. The third-order valence-corrected chi connectivity index (χ3v) is 5.50. The first kappa shape index (κ1) is 29.9. The van der Waals surface area contributed by atoms with Crippen molar-refractivity contribution in [1.29, 1.82) is 0 Å². The normalized spacial score (nSPS) is 11.2. The summed E-state index contributed by atoms with van der Waals surface area (Å²) in [4.78, 5) is 0. The standard InChI is InChI=1S/C28H50O5/c1-3-5-7-9-10-11-13-27-14-16-28(17-15-27)33-26-25-32-24-23-31-22-21-30-20-19-29-18-12-8-6-4-2/h14-17H,3-13,18-26H2,1-2H3. The molecule has 33 heavy (non-hydrogen) atoms. The molecule has 1 rings (SSSR count). The number of unbranched alkanes of at least 4 members (excludes halogenated alkanes) is 8. The van der Waals surface area contributed by atoms with Crippen molar-refractivity contribution in [2.45, 2.75) is 84.5 Å². The Balaban J connectivity index is 1.82. The fourth-order valence-electron chi connectivity index (χ4n) is 3.47. The molecule has 0 aromatic heterocycles. The Morgan fingerprint density at radius 1 is 0.455 bits per heavy atom. The summed E-state index contributed by atoms with van der Waals surface area (Å²) in [6, 6.07) is 8.48. The van der Waals surface area contributed by atoms with Crippen LogP contribution in [0.4, 0.5) is 0 Å². The van der Waals surface area contributed by atoms with Gasteiger partial charge in [0.25, 0.3) is 0 Å². The lowest BCUT2D eigenvalue weighted by Crippen LogP contribution is -2.13. The Labute approximate surface area is 203 Å². The van der Waals surface area contributed by atoms with Crippen LogP contribution < -0.4 is 4.74 Å². The average molecular weight is 467 g/mol. The molecule has 0 atom stereocenters. The molecule has 1 aromatic rings. The average Bonchev–Trinajstić information content (AvgIpc) is 2.84. The topological polar surface area (TPSA) is 46.2 Å². The van der Waals surface area contributed by atoms with Crippen molar-refractivity contribution in [2.24, 2.45) is 0 Å². The number of aryl methyl sites for hydroxylation is 1. The van der Waals surface area contributed by atoms with E-state index in [0.717, 1.165) is 25.2 Å². The molecule has 5 heteroatoms. The minimum absolute atomic E-state index is 0.554. The maximum atomic E-state index is 5.75. The number of ether oxygens (including phenoxy) is 5. The smallest absolute Gasteiger partial charge is 0.119 e. The van der Waals surface area contributed by atoms with E-state index in [-0.39, 0.29) is 0 Å². The largest absolute Gasteiger partial charge is 0.491 e. The van der Waals surface area contributed by atoms with Gasteiger partial charge < -0.3 is 23.7 Å². The molecular weight excluding hydrogens is 416 g/mol. The van der Waals surface area contributed by atoms with Gasteiger partial charge in [-0.1, -0.05) is 77.3 Å². The summed E-state index contributed by atoms with van der Waals surface area (Å²) in [5.74, 6) is 0.906. The van der Waals surface area contributed by atoms with Gasteiger partial charge in [0.1, 0.15) is 12.4 Å². The molecule has 0 spiro atoms. The maximum absolute atomic E-state index is 5.75. The molecule has 0 radical (unpaired) electrons. The zero-order valence-corrected chi connectivity index (χ0v) is 21.5. The zero-order chi connectivity index (χ0) is 23.7. The van der Waals surface area contributed by atoms with Gasteiger partial charge in [0.05, 0.1) is 46.2 Å². The summed E-state index contributed by atoms with van der Waals surface area (Å²) in [6.45, 7) is 10.1. The van der Waals surface area contributed by atoms with Crippen molar-refractivity contribution < 1.29 is 23.7 Å². The predicted molar refractivity (Wildman–Crippen MR) is 136 cm³/mol. The molecule has 0 heterocycles. The Hall–Kier alpha value is -1.14. The van der Waals surface area contributed by atoms with Crippen LogP contribution >= 0.6 is 0 Å². The summed E-state index contributed by atoms with van der Waals surface area (Å²) in [7, 11) is 0. The highest BCUT2D eigenvalue weighted by Crippen LogP contribution is 2.15. The quantitative estimate of drug-likeness (QED) is 0.152. The predicted octanol–water partition coefficient (Wildman–Crippen LogP) is 6.62. The van der Waals surface area contributed by atoms with Gasteiger partial charge in [-0.15, -0.1) is 0 Å². The van der Waals surface area contributed by atoms with Gasteiger partial charge in [0, 0.05) is 6.61 Å². The third-order valence-electron chi connectivity index (χ3n) is 5.50. The summed E-state index contributed by atoms with van der Waals surface area (Å²) in [5.41, 5.74) is 1.39. The third kappa shape index (κ3) is 20.0. The Kier molecular flexibility index (Phi) is 21.7. The lowest BCUT2D eigenvalue weighted by atomic mass is 10.0. The molecule has 0 aliphatic carbocycles. The highest BCUT2D eigenvalue weighted by atomic mass is 16.6. The molecule has 0 aliphatic heterocycles. The molecule has 0 saturated carbocycles. The van der Waals surface area contributed by atoms with Crippen LogP contribution in [-0.4, -0.2) is 59.5 Å². The first-order valence-electron chi connectivity index (χ1n) is 13.4. The van der Waals surface area contributed by atoms with E-state index in [2.05, 4.69) is 38.1 Å². The van der Waals surface area contributed by atoms with Crippen molar-refractivity contribution in [1.82, 2.24) is 0 Å². The first-order valence-corrected chi connectivity index (χ1v) is 13.4. The second-order valence-electron chi connectivity index (χ2n) is 8.52. The van der Waals surface area contributed by atoms with Gasteiger partial charge in [-0.3, -0.25) is 0 Å². The summed E-state index contributed by atoms with van der Waals surface area (Å²) in [6.07, 6.45) is 14.1. The molecule has 0 N–H and O–H groups in total. The monoisotopic (exact) mass is 466 g/mol. The Morgan fingerprint density at radius 3 is 1.48 bits per heavy atom. The van der Waals surface area contributed by atoms with Crippen LogP contribution in [0.3, 0.4) is 0 Å². The fraction of sp³-hybridized carbons (Fsp3) is 0.786. The van der Waals surface area contributed by atoms with E-state index in [1.165, 1.54) is 63.4 Å². The van der Waals surface area contributed by atoms with E-state index in [9.17, 15) is 0 Å². The van der Waals surface area contributed by atoms with Crippen LogP contribution in [0, 0.1) is 0 Å². The maximum Gasteiger partial charge on any atom is 0.119 e. The van der Waals surface area contributed by atoms with Crippen LogP contribution in [-0.2, 0) is 25.4 Å². The summed E-state index contributed by atoms with van der Waals surface area (Å²) in [5, 5.41) is 0. The van der Waals surface area contributed by atoms with E-state index in [4.69, 9.17) is 23.7 Å². The van der Waals surface area contributed by atoms with E-state index in [1.54, 1.807) is 0 Å². The number of hydrogen-bond acceptors (Lipinski definition) is 5. The zero-order valence-electron chi connectivity index (χ0n) is 21.5. The summed E-state index contributed by atoms with van der Waals surface area (Å²) >= 11 is 0. The van der Waals surface area contributed by atoms with Crippen LogP contribution in [0.5, 0.6) is 5.75 Å². The van der Waals surface area contributed by atoms with Crippen molar-refractivity contribution in [3.8, 4) is 5.75 Å². The minimum Gasteiger partial charge on any atom is -0.491 e. The molecule has 0 unspecified atom stereocenters. The van der Waals surface area contributed by atoms with Gasteiger partial charge in [0.15, 0.2) is 0 Å². The molecular formula is C28H50O5. The highest BCUT2D eigenvalue weighted by molar-refractivity contribution is 5.27. The van der Waals surface area contributed by atoms with Gasteiger partial charge in [-0.25, -0.2) is 0 Å². The minimum atomic E-state index is 0.554. The van der Waals surface area contributed by atoms with Gasteiger partial charge >= 0.3 is 0 Å².